The van der Waals surface area contributed by atoms with Gasteiger partial charge in [0.15, 0.2) is 0 Å². The van der Waals surface area contributed by atoms with Crippen LogP contribution in [0.2, 0.25) is 0 Å². The Kier molecular flexibility index (Phi) is 8.67. The van der Waals surface area contributed by atoms with Crippen molar-refractivity contribution in [2.45, 2.75) is 69.0 Å². The number of nitrogens with zero attached hydrogens (tertiary/aromatic N) is 2. The van der Waals surface area contributed by atoms with E-state index in [1.54, 1.807) is 41.2 Å². The van der Waals surface area contributed by atoms with Gasteiger partial charge in [-0.1, -0.05) is 30.3 Å². The summed E-state index contributed by atoms with van der Waals surface area (Å²) in [6.45, 7) is -1.11. The second-order valence-corrected chi connectivity index (χ2v) is 10.7. The summed E-state index contributed by atoms with van der Waals surface area (Å²) in [6, 6.07) is 5.37. The largest absolute Gasteiger partial charge is 0.344 e. The Morgan fingerprint density at radius 1 is 1.08 bits per heavy atom. The van der Waals surface area contributed by atoms with E-state index in [9.17, 15) is 36.7 Å². The van der Waals surface area contributed by atoms with Gasteiger partial charge in [0.1, 0.15) is 12.1 Å². The normalized spacial score (nSPS) is 22.6. The van der Waals surface area contributed by atoms with Gasteiger partial charge in [-0.25, -0.2) is 22.5 Å². The molecule has 1 aromatic heterocycles. The Labute approximate surface area is 226 Å². The minimum absolute atomic E-state index is 0.0246. The molecule has 1 aliphatic heterocycles. The quantitative estimate of drug-likeness (QED) is 0.357. The first-order chi connectivity index (χ1) is 18.4. The minimum atomic E-state index is -3.42. The van der Waals surface area contributed by atoms with Gasteiger partial charge < -0.3 is 15.5 Å². The number of carbonyl (C=O) groups excluding carboxylic acids is 4. The average Bonchev–Trinajstić information content (AvgIpc) is 3.53. The molecule has 3 amide bonds. The van der Waals surface area contributed by atoms with Crippen molar-refractivity contribution in [3.8, 4) is 0 Å². The first-order valence-corrected chi connectivity index (χ1v) is 13.5. The van der Waals surface area contributed by atoms with Crippen LogP contribution in [0, 0.1) is 5.92 Å². The highest BCUT2D eigenvalue weighted by Crippen LogP contribution is 2.40. The van der Waals surface area contributed by atoms with E-state index in [4.69, 9.17) is 0 Å². The number of aromatic nitrogens is 1. The van der Waals surface area contributed by atoms with Crippen LogP contribution in [0.25, 0.3) is 0 Å². The third-order valence-electron chi connectivity index (χ3n) is 6.90. The van der Waals surface area contributed by atoms with Crippen molar-refractivity contribution < 1.29 is 36.7 Å². The van der Waals surface area contributed by atoms with Crippen LogP contribution in [0.1, 0.15) is 43.4 Å². The van der Waals surface area contributed by atoms with E-state index >= 15 is 0 Å². The molecule has 0 radical (unpaired) electrons. The van der Waals surface area contributed by atoms with E-state index in [0.29, 0.717) is 16.2 Å². The Morgan fingerprint density at radius 2 is 1.82 bits per heavy atom. The number of rotatable bonds is 9. The maximum absolute atomic E-state index is 14.4. The summed E-state index contributed by atoms with van der Waals surface area (Å²) in [5.74, 6) is -11.7. The smallest absolute Gasteiger partial charge is 0.289 e. The van der Waals surface area contributed by atoms with Gasteiger partial charge in [-0.05, 0) is 18.4 Å². The number of nitrogens with one attached hydrogen (secondary N) is 2. The van der Waals surface area contributed by atoms with Crippen LogP contribution >= 0.6 is 11.3 Å². The second kappa shape index (κ2) is 11.8. The third-order valence-corrected chi connectivity index (χ3v) is 7.53. The SMILES string of the molecule is O=C(NCc1cscn1)C(=O)[C@@H](Cc1ccccc1)NC(=O)[C@H]1CC(F)(F)CN1C(=O)C1CCCC(F)(F)C1. The lowest BCUT2D eigenvalue weighted by Crippen LogP contribution is -2.54. The summed E-state index contributed by atoms with van der Waals surface area (Å²) in [5, 5.41) is 6.50. The molecule has 2 heterocycles. The molecule has 2 aliphatic rings. The lowest BCUT2D eigenvalue weighted by molar-refractivity contribution is -0.148. The van der Waals surface area contributed by atoms with E-state index in [1.807, 2.05) is 0 Å². The Balaban J connectivity index is 1.50. The van der Waals surface area contributed by atoms with Gasteiger partial charge in [0.05, 0.1) is 24.3 Å². The topological polar surface area (TPSA) is 108 Å². The maximum Gasteiger partial charge on any atom is 0.289 e. The first kappa shape index (κ1) is 28.7. The molecule has 1 aromatic carbocycles. The monoisotopic (exact) mass is 568 g/mol. The van der Waals surface area contributed by atoms with Gasteiger partial charge in [-0.3, -0.25) is 19.2 Å². The van der Waals surface area contributed by atoms with Gasteiger partial charge in [-0.15, -0.1) is 11.3 Å². The van der Waals surface area contributed by atoms with Gasteiger partial charge in [0.25, 0.3) is 11.8 Å². The molecule has 13 heteroatoms. The minimum Gasteiger partial charge on any atom is -0.344 e. The van der Waals surface area contributed by atoms with Crippen molar-refractivity contribution in [2.75, 3.05) is 6.54 Å². The van der Waals surface area contributed by atoms with Gasteiger partial charge >= 0.3 is 0 Å². The molecular formula is C26H28F4N4O4S. The van der Waals surface area contributed by atoms with Crippen LogP contribution < -0.4 is 10.6 Å². The van der Waals surface area contributed by atoms with E-state index in [1.165, 1.54) is 11.3 Å². The highest BCUT2D eigenvalue weighted by molar-refractivity contribution is 7.07. The van der Waals surface area contributed by atoms with Crippen LogP contribution in [0.5, 0.6) is 0 Å². The molecule has 2 fully saturated rings. The fraction of sp³-hybridized carbons (Fsp3) is 0.500. The van der Waals surface area contributed by atoms with Gasteiger partial charge in [0, 0.05) is 37.0 Å². The van der Waals surface area contributed by atoms with Crippen LogP contribution in [-0.2, 0) is 32.1 Å². The second-order valence-electron chi connectivity index (χ2n) is 9.97. The highest BCUT2D eigenvalue weighted by Gasteiger charge is 2.52. The Hall–Kier alpha value is -3.35. The van der Waals surface area contributed by atoms with Gasteiger partial charge in [-0.2, -0.15) is 0 Å². The van der Waals surface area contributed by atoms with E-state index in [0.717, 1.165) is 0 Å². The predicted octanol–water partition coefficient (Wildman–Crippen LogP) is 3.12. The number of likely N-dealkylation sites (tertiary alicyclic amines) is 1. The van der Waals surface area contributed by atoms with Crippen molar-refractivity contribution in [3.63, 3.8) is 0 Å². The maximum atomic E-state index is 14.4. The van der Waals surface area contributed by atoms with E-state index in [2.05, 4.69) is 15.6 Å². The molecule has 8 nitrogen and oxygen atoms in total. The number of amides is 3. The number of Topliss-reactive ketones (excluding diaryl/α,β-unsaturated/α-hetero) is 1. The Morgan fingerprint density at radius 3 is 2.49 bits per heavy atom. The zero-order valence-electron chi connectivity index (χ0n) is 20.9. The number of ketones is 1. The average molecular weight is 569 g/mol. The fourth-order valence-corrected chi connectivity index (χ4v) is 5.53. The van der Waals surface area contributed by atoms with Crippen molar-refractivity contribution in [3.05, 3.63) is 52.5 Å². The first-order valence-electron chi connectivity index (χ1n) is 12.5. The molecule has 210 valence electrons. The lowest BCUT2D eigenvalue weighted by atomic mass is 9.85. The number of halogens is 4. The molecule has 2 N–H and O–H groups in total. The summed E-state index contributed by atoms with van der Waals surface area (Å²) in [7, 11) is 0. The standard InChI is InChI=1S/C26H28F4N4O4S/c27-25(28)8-4-7-17(10-25)24(38)34-14-26(29,30)11-20(34)22(36)33-19(9-16-5-2-1-3-6-16)21(35)23(37)31-12-18-13-39-15-32-18/h1-3,5-6,13,15,17,19-20H,4,7-12,14H2,(H,31,37)(H,33,36)/t17?,19-,20-/m1/s1. The third kappa shape index (κ3) is 7.40. The fourth-order valence-electron chi connectivity index (χ4n) is 4.97. The summed E-state index contributed by atoms with van der Waals surface area (Å²) in [5.41, 5.74) is 2.68. The molecule has 39 heavy (non-hydrogen) atoms. The predicted molar refractivity (Wildman–Crippen MR) is 133 cm³/mol. The molecule has 1 saturated carbocycles. The van der Waals surface area contributed by atoms with Crippen molar-refractivity contribution >= 4 is 34.8 Å². The lowest BCUT2D eigenvalue weighted by Gasteiger charge is -2.33. The summed E-state index contributed by atoms with van der Waals surface area (Å²) < 4.78 is 56.7. The van der Waals surface area contributed by atoms with Crippen molar-refractivity contribution in [1.29, 1.82) is 0 Å². The highest BCUT2D eigenvalue weighted by atomic mass is 32.1. The molecule has 0 bridgehead atoms. The van der Waals surface area contributed by atoms with Crippen LogP contribution in [0.3, 0.4) is 0 Å². The van der Waals surface area contributed by atoms with Gasteiger partial charge in [0.2, 0.25) is 23.5 Å². The van der Waals surface area contributed by atoms with Crippen molar-refractivity contribution in [2.24, 2.45) is 5.92 Å². The number of hydrogen-bond donors (Lipinski definition) is 2. The molecule has 0 spiro atoms. The molecule has 1 saturated heterocycles. The molecule has 1 aliphatic carbocycles. The molecule has 4 rings (SSSR count). The van der Waals surface area contributed by atoms with Crippen LogP contribution in [0.15, 0.2) is 41.2 Å². The van der Waals surface area contributed by atoms with Crippen LogP contribution in [0.4, 0.5) is 17.6 Å². The molecule has 3 atom stereocenters. The molecule has 2 aromatic rings. The number of carbonyl (C=O) groups is 4. The molecule has 1 unspecified atom stereocenters. The molecular weight excluding hydrogens is 540 g/mol. The number of benzene rings is 1. The van der Waals surface area contributed by atoms with Crippen molar-refractivity contribution in [1.82, 2.24) is 20.5 Å². The number of thiazole rings is 1. The zero-order chi connectivity index (χ0) is 28.2. The zero-order valence-corrected chi connectivity index (χ0v) is 21.7. The number of hydrogen-bond acceptors (Lipinski definition) is 6. The van der Waals surface area contributed by atoms with E-state index < -0.39 is 72.7 Å². The summed E-state index contributed by atoms with van der Waals surface area (Å²) in [6.07, 6.45) is -2.11. The van der Waals surface area contributed by atoms with E-state index in [-0.39, 0.29) is 32.2 Å². The Bertz CT molecular complexity index is 1200. The summed E-state index contributed by atoms with van der Waals surface area (Å²) in [4.78, 5) is 56.6. The number of alkyl halides is 4. The summed E-state index contributed by atoms with van der Waals surface area (Å²) >= 11 is 1.30. The van der Waals surface area contributed by atoms with Crippen LogP contribution in [-0.4, -0.2) is 63.9 Å².